The lowest BCUT2D eigenvalue weighted by atomic mass is 9.89. The highest BCUT2D eigenvalue weighted by Crippen LogP contribution is 2.29. The fourth-order valence-corrected chi connectivity index (χ4v) is 3.64. The number of likely N-dealkylation sites (tertiary alicyclic amines) is 1. The minimum absolute atomic E-state index is 0.00179. The Morgan fingerprint density at radius 3 is 2.28 bits per heavy atom. The number of carbonyl (C=O) groups excluding carboxylic acids is 2. The van der Waals surface area contributed by atoms with Gasteiger partial charge in [0.15, 0.2) is 5.76 Å². The molecule has 2 N–H and O–H groups in total. The number of hydrogen-bond donors (Lipinski definition) is 2. The maximum Gasteiger partial charge on any atom is 0.291 e. The number of phenols is 1. The topological polar surface area (TPSA) is 82.8 Å². The molecule has 0 atom stereocenters. The van der Waals surface area contributed by atoms with Gasteiger partial charge in [-0.3, -0.25) is 9.59 Å². The molecule has 6 nitrogen and oxygen atoms in total. The molecule has 6 heteroatoms. The van der Waals surface area contributed by atoms with Gasteiger partial charge >= 0.3 is 0 Å². The Balaban J connectivity index is 1.34. The van der Waals surface area contributed by atoms with Crippen molar-refractivity contribution in [3.05, 3.63) is 83.8 Å². The van der Waals surface area contributed by atoms with E-state index in [-0.39, 0.29) is 23.3 Å². The van der Waals surface area contributed by atoms with Crippen molar-refractivity contribution < 1.29 is 19.1 Å². The second-order valence-electron chi connectivity index (χ2n) is 7.17. The van der Waals surface area contributed by atoms with Crippen LogP contribution in [-0.4, -0.2) is 34.9 Å². The van der Waals surface area contributed by atoms with Gasteiger partial charge in [-0.2, -0.15) is 0 Å². The second kappa shape index (κ2) is 8.22. The average molecular weight is 390 g/mol. The molecule has 4 rings (SSSR count). The van der Waals surface area contributed by atoms with Crippen LogP contribution in [0.1, 0.15) is 45.2 Å². The minimum atomic E-state index is -0.328. The number of piperidine rings is 1. The Morgan fingerprint density at radius 1 is 0.966 bits per heavy atom. The van der Waals surface area contributed by atoms with E-state index >= 15 is 0 Å². The first-order valence-corrected chi connectivity index (χ1v) is 9.63. The van der Waals surface area contributed by atoms with Gasteiger partial charge in [0, 0.05) is 24.3 Å². The zero-order valence-corrected chi connectivity index (χ0v) is 15.9. The minimum Gasteiger partial charge on any atom is -0.508 e. The van der Waals surface area contributed by atoms with E-state index in [2.05, 4.69) is 5.32 Å². The second-order valence-corrected chi connectivity index (χ2v) is 7.17. The number of benzene rings is 2. The zero-order valence-electron chi connectivity index (χ0n) is 15.9. The van der Waals surface area contributed by atoms with Crippen molar-refractivity contribution in [3.8, 4) is 5.75 Å². The molecule has 2 amide bonds. The van der Waals surface area contributed by atoms with Gasteiger partial charge in [-0.15, -0.1) is 0 Å². The van der Waals surface area contributed by atoms with Crippen LogP contribution < -0.4 is 5.32 Å². The number of anilines is 1. The van der Waals surface area contributed by atoms with Gasteiger partial charge in [-0.05, 0) is 72.9 Å². The van der Waals surface area contributed by atoms with E-state index in [0.29, 0.717) is 30.3 Å². The molecule has 0 unspecified atom stereocenters. The third kappa shape index (κ3) is 4.32. The molecule has 1 aromatic heterocycles. The van der Waals surface area contributed by atoms with Crippen LogP contribution >= 0.6 is 0 Å². The van der Waals surface area contributed by atoms with Crippen molar-refractivity contribution in [3.63, 3.8) is 0 Å². The van der Waals surface area contributed by atoms with Crippen LogP contribution in [0.15, 0.2) is 71.3 Å². The molecule has 2 heterocycles. The van der Waals surface area contributed by atoms with E-state index < -0.39 is 0 Å². The van der Waals surface area contributed by atoms with E-state index in [1.807, 2.05) is 17.0 Å². The Morgan fingerprint density at radius 2 is 1.66 bits per heavy atom. The summed E-state index contributed by atoms with van der Waals surface area (Å²) in [4.78, 5) is 26.7. The quantitative estimate of drug-likeness (QED) is 0.697. The Kier molecular flexibility index (Phi) is 5.33. The van der Waals surface area contributed by atoms with E-state index in [9.17, 15) is 14.7 Å². The van der Waals surface area contributed by atoms with Crippen LogP contribution in [0.25, 0.3) is 0 Å². The number of aromatic hydroxyl groups is 1. The monoisotopic (exact) mass is 390 g/mol. The molecule has 0 bridgehead atoms. The maximum absolute atomic E-state index is 12.8. The highest BCUT2D eigenvalue weighted by molar-refractivity contribution is 6.02. The van der Waals surface area contributed by atoms with E-state index in [1.54, 1.807) is 48.5 Å². The highest BCUT2D eigenvalue weighted by atomic mass is 16.3. The van der Waals surface area contributed by atoms with Crippen molar-refractivity contribution >= 4 is 17.5 Å². The molecule has 1 saturated heterocycles. The molecule has 1 aliphatic heterocycles. The molecule has 148 valence electrons. The number of rotatable bonds is 4. The molecule has 29 heavy (non-hydrogen) atoms. The molecule has 1 aliphatic rings. The largest absolute Gasteiger partial charge is 0.508 e. The van der Waals surface area contributed by atoms with Crippen LogP contribution in [0.2, 0.25) is 0 Å². The van der Waals surface area contributed by atoms with Crippen molar-refractivity contribution in [1.82, 2.24) is 4.90 Å². The molecule has 0 saturated carbocycles. The molecule has 1 fully saturated rings. The molecule has 3 aromatic rings. The molecule has 2 aromatic carbocycles. The lowest BCUT2D eigenvalue weighted by Crippen LogP contribution is -2.37. The zero-order chi connectivity index (χ0) is 20.2. The summed E-state index contributed by atoms with van der Waals surface area (Å²) in [7, 11) is 0. The Bertz CT molecular complexity index is 971. The predicted molar refractivity (Wildman–Crippen MR) is 109 cm³/mol. The normalized spacial score (nSPS) is 14.6. The van der Waals surface area contributed by atoms with Crippen LogP contribution in [0, 0.1) is 0 Å². The van der Waals surface area contributed by atoms with E-state index in [4.69, 9.17) is 4.42 Å². The summed E-state index contributed by atoms with van der Waals surface area (Å²) in [5, 5.41) is 12.2. The van der Waals surface area contributed by atoms with Crippen LogP contribution in [0.4, 0.5) is 5.69 Å². The molecular formula is C23H22N2O4. The van der Waals surface area contributed by atoms with Crippen LogP contribution in [-0.2, 0) is 0 Å². The third-order valence-corrected chi connectivity index (χ3v) is 5.28. The van der Waals surface area contributed by atoms with Crippen molar-refractivity contribution in [2.75, 3.05) is 18.4 Å². The summed E-state index contributed by atoms with van der Waals surface area (Å²) < 4.78 is 5.07. The van der Waals surface area contributed by atoms with Gasteiger partial charge in [-0.1, -0.05) is 12.1 Å². The van der Waals surface area contributed by atoms with Crippen molar-refractivity contribution in [2.45, 2.75) is 18.8 Å². The number of carbonyl (C=O) groups is 2. The Labute approximate surface area is 168 Å². The first-order chi connectivity index (χ1) is 14.1. The van der Waals surface area contributed by atoms with Gasteiger partial charge in [0.2, 0.25) is 0 Å². The van der Waals surface area contributed by atoms with Crippen LogP contribution in [0.3, 0.4) is 0 Å². The molecule has 0 radical (unpaired) electrons. The SMILES string of the molecule is O=C(Nc1ccc(C(=O)N2CCC(c3ccc(O)cc3)CC2)cc1)c1ccco1. The van der Waals surface area contributed by atoms with Gasteiger partial charge in [-0.25, -0.2) is 0 Å². The van der Waals surface area contributed by atoms with Gasteiger partial charge < -0.3 is 19.7 Å². The smallest absolute Gasteiger partial charge is 0.291 e. The fourth-order valence-electron chi connectivity index (χ4n) is 3.64. The lowest BCUT2D eigenvalue weighted by Gasteiger charge is -2.32. The fraction of sp³-hybridized carbons (Fsp3) is 0.217. The van der Waals surface area contributed by atoms with Gasteiger partial charge in [0.1, 0.15) is 5.75 Å². The summed E-state index contributed by atoms with van der Waals surface area (Å²) >= 11 is 0. The van der Waals surface area contributed by atoms with E-state index in [0.717, 1.165) is 12.8 Å². The Hall–Kier alpha value is -3.54. The van der Waals surface area contributed by atoms with Crippen LogP contribution in [0.5, 0.6) is 5.75 Å². The van der Waals surface area contributed by atoms with Crippen molar-refractivity contribution in [2.24, 2.45) is 0 Å². The molecule has 0 aliphatic carbocycles. The van der Waals surface area contributed by atoms with Gasteiger partial charge in [0.25, 0.3) is 11.8 Å². The summed E-state index contributed by atoms with van der Waals surface area (Å²) in [5.41, 5.74) is 2.41. The standard InChI is InChI=1S/C23H22N2O4/c26-20-9-5-16(6-10-20)17-11-13-25(14-12-17)23(28)18-3-7-19(8-4-18)24-22(27)21-2-1-15-29-21/h1-10,15,17,26H,11-14H2,(H,24,27). The summed E-state index contributed by atoms with van der Waals surface area (Å²) in [6.07, 6.45) is 3.24. The number of nitrogens with zero attached hydrogens (tertiary/aromatic N) is 1. The maximum atomic E-state index is 12.8. The van der Waals surface area contributed by atoms with E-state index in [1.165, 1.54) is 11.8 Å². The first-order valence-electron chi connectivity index (χ1n) is 9.63. The van der Waals surface area contributed by atoms with Crippen molar-refractivity contribution in [1.29, 1.82) is 0 Å². The number of nitrogens with one attached hydrogen (secondary N) is 1. The lowest BCUT2D eigenvalue weighted by molar-refractivity contribution is 0.0713. The summed E-state index contributed by atoms with van der Waals surface area (Å²) in [6, 6.07) is 17.5. The average Bonchev–Trinajstić information content (AvgIpc) is 3.30. The molecular weight excluding hydrogens is 368 g/mol. The number of phenolic OH excluding ortho intramolecular Hbond substituents is 1. The highest BCUT2D eigenvalue weighted by Gasteiger charge is 2.24. The summed E-state index contributed by atoms with van der Waals surface area (Å²) in [5.74, 6) is 0.578. The summed E-state index contributed by atoms with van der Waals surface area (Å²) in [6.45, 7) is 1.39. The number of amides is 2. The van der Waals surface area contributed by atoms with Gasteiger partial charge in [0.05, 0.1) is 6.26 Å². The number of furan rings is 1. The molecule has 0 spiro atoms. The first kappa shape index (κ1) is 18.8. The predicted octanol–water partition coefficient (Wildman–Crippen LogP) is 4.26. The third-order valence-electron chi connectivity index (χ3n) is 5.28. The number of hydrogen-bond acceptors (Lipinski definition) is 4.